The molecule has 2 aromatic carbocycles. The van der Waals surface area contributed by atoms with Gasteiger partial charge in [-0.25, -0.2) is 5.10 Å². The molecule has 1 fully saturated rings. The second kappa shape index (κ2) is 11.0. The van der Waals surface area contributed by atoms with Gasteiger partial charge in [-0.05, 0) is 29.3 Å². The van der Waals surface area contributed by atoms with Crippen molar-refractivity contribution in [2.24, 2.45) is 0 Å². The minimum Gasteiger partial charge on any atom is -0.476 e. The number of nitrogen functional groups attached to an aromatic ring is 1. The molecule has 5 rings (SSSR count). The Bertz CT molecular complexity index is 1380. The number of H-pyrrole nitrogens is 1. The van der Waals surface area contributed by atoms with Gasteiger partial charge in [-0.3, -0.25) is 14.7 Å². The van der Waals surface area contributed by atoms with Gasteiger partial charge in [0.05, 0.1) is 29.5 Å². The first-order valence-corrected chi connectivity index (χ1v) is 12.1. The summed E-state index contributed by atoms with van der Waals surface area (Å²) in [6.07, 6.45) is 10.5. The molecule has 0 saturated carbocycles. The number of terminal acetylenes is 1. The van der Waals surface area contributed by atoms with E-state index in [1.165, 1.54) is 6.20 Å². The number of nitrogens with zero attached hydrogens (tertiary/aromatic N) is 4. The molecule has 1 aliphatic heterocycles. The van der Waals surface area contributed by atoms with Crippen LogP contribution in [-0.2, 0) is 0 Å². The smallest absolute Gasteiger partial charge is 0.255 e. The molecular weight excluding hydrogens is 464 g/mol. The minimum atomic E-state index is -0.116. The lowest BCUT2D eigenvalue weighted by atomic mass is 9.93. The molecule has 4 aromatic rings. The fourth-order valence-corrected chi connectivity index (χ4v) is 4.82. The number of amides is 1. The van der Waals surface area contributed by atoms with Crippen molar-refractivity contribution in [3.8, 4) is 18.2 Å². The van der Waals surface area contributed by atoms with Gasteiger partial charge in [0, 0.05) is 43.7 Å². The van der Waals surface area contributed by atoms with E-state index in [2.05, 4.69) is 50.3 Å². The van der Waals surface area contributed by atoms with Crippen LogP contribution in [0.1, 0.15) is 33.1 Å². The van der Waals surface area contributed by atoms with Gasteiger partial charge < -0.3 is 15.4 Å². The maximum Gasteiger partial charge on any atom is 0.255 e. The minimum absolute atomic E-state index is 0.0730. The molecule has 37 heavy (non-hydrogen) atoms. The van der Waals surface area contributed by atoms with E-state index < -0.39 is 0 Å². The fraction of sp³-hybridized carbons (Fsp3) is 0.207. The Labute approximate surface area is 216 Å². The highest BCUT2D eigenvalue weighted by Gasteiger charge is 2.36. The van der Waals surface area contributed by atoms with Crippen molar-refractivity contribution in [1.82, 2.24) is 25.0 Å². The summed E-state index contributed by atoms with van der Waals surface area (Å²) in [4.78, 5) is 21.7. The number of hydrogen-bond donors (Lipinski definition) is 2. The Morgan fingerprint density at radius 2 is 1.95 bits per heavy atom. The van der Waals surface area contributed by atoms with Crippen molar-refractivity contribution >= 4 is 11.6 Å². The number of aromatic nitrogens is 3. The molecule has 186 valence electrons. The van der Waals surface area contributed by atoms with Crippen LogP contribution in [0.15, 0.2) is 85.3 Å². The molecule has 2 atom stereocenters. The quantitative estimate of drug-likeness (QED) is 0.384. The highest BCUT2D eigenvalue weighted by atomic mass is 16.5. The lowest BCUT2D eigenvalue weighted by Crippen LogP contribution is -2.57. The standard InChI is InChI=1S/C29H28N6O2/c1-2-21-7-6-10-23(15-21)28(22-8-4-3-5-9-22)35-14-13-34(29(36)24-16-25(30)18-31-17-24)19-26(35)20-37-27-11-12-32-33-27/h1,3-12,15-18,26,28H,13-14,19-20,30H2,(H,32,33). The van der Waals surface area contributed by atoms with Crippen LogP contribution in [0.25, 0.3) is 0 Å². The number of pyridine rings is 1. The third-order valence-corrected chi connectivity index (χ3v) is 6.54. The predicted octanol–water partition coefficient (Wildman–Crippen LogP) is 3.36. The molecule has 3 N–H and O–H groups in total. The van der Waals surface area contributed by atoms with Crippen LogP contribution in [0, 0.1) is 12.3 Å². The Kier molecular flexibility index (Phi) is 7.15. The van der Waals surface area contributed by atoms with Crippen molar-refractivity contribution in [3.63, 3.8) is 0 Å². The Morgan fingerprint density at radius 1 is 1.11 bits per heavy atom. The number of benzene rings is 2. The Balaban J connectivity index is 1.48. The summed E-state index contributed by atoms with van der Waals surface area (Å²) in [6, 6.07) is 21.7. The van der Waals surface area contributed by atoms with Crippen LogP contribution in [-0.4, -0.2) is 63.2 Å². The highest BCUT2D eigenvalue weighted by Crippen LogP contribution is 2.33. The van der Waals surface area contributed by atoms with E-state index in [-0.39, 0.29) is 18.0 Å². The van der Waals surface area contributed by atoms with E-state index in [0.29, 0.717) is 43.4 Å². The molecular formula is C29H28N6O2. The molecule has 2 aromatic heterocycles. The van der Waals surface area contributed by atoms with Gasteiger partial charge in [-0.1, -0.05) is 48.4 Å². The molecule has 3 heterocycles. The lowest BCUT2D eigenvalue weighted by Gasteiger charge is -2.45. The summed E-state index contributed by atoms with van der Waals surface area (Å²) in [6.45, 7) is 2.02. The second-order valence-corrected chi connectivity index (χ2v) is 8.96. The first-order valence-electron chi connectivity index (χ1n) is 12.1. The van der Waals surface area contributed by atoms with Crippen molar-refractivity contribution < 1.29 is 9.53 Å². The number of nitrogens with one attached hydrogen (secondary N) is 1. The predicted molar refractivity (Wildman–Crippen MR) is 142 cm³/mol. The summed E-state index contributed by atoms with van der Waals surface area (Å²) in [5, 5.41) is 6.83. The highest BCUT2D eigenvalue weighted by molar-refractivity contribution is 5.94. The van der Waals surface area contributed by atoms with E-state index in [9.17, 15) is 4.79 Å². The maximum absolute atomic E-state index is 13.4. The average molecular weight is 493 g/mol. The average Bonchev–Trinajstić information content (AvgIpc) is 3.47. The first-order chi connectivity index (χ1) is 18.1. The molecule has 0 aliphatic carbocycles. The second-order valence-electron chi connectivity index (χ2n) is 8.96. The van der Waals surface area contributed by atoms with Gasteiger partial charge in [0.2, 0.25) is 5.88 Å². The normalized spacial score (nSPS) is 16.6. The van der Waals surface area contributed by atoms with Crippen LogP contribution in [0.2, 0.25) is 0 Å². The van der Waals surface area contributed by atoms with E-state index in [1.54, 1.807) is 24.5 Å². The van der Waals surface area contributed by atoms with Gasteiger partial charge >= 0.3 is 0 Å². The van der Waals surface area contributed by atoms with Gasteiger partial charge in [-0.2, -0.15) is 5.10 Å². The number of anilines is 1. The molecule has 1 amide bonds. The maximum atomic E-state index is 13.4. The van der Waals surface area contributed by atoms with Crippen LogP contribution in [0.3, 0.4) is 0 Å². The largest absolute Gasteiger partial charge is 0.476 e. The van der Waals surface area contributed by atoms with Gasteiger partial charge in [0.15, 0.2) is 0 Å². The third kappa shape index (κ3) is 5.47. The monoisotopic (exact) mass is 492 g/mol. The molecule has 2 unspecified atom stereocenters. The summed E-state index contributed by atoms with van der Waals surface area (Å²) in [5.74, 6) is 3.23. The van der Waals surface area contributed by atoms with Crippen LogP contribution < -0.4 is 10.5 Å². The zero-order valence-electron chi connectivity index (χ0n) is 20.3. The number of nitrogens with two attached hydrogens (primary N) is 1. The zero-order chi connectivity index (χ0) is 25.6. The van der Waals surface area contributed by atoms with E-state index in [4.69, 9.17) is 16.9 Å². The molecule has 0 bridgehead atoms. The lowest BCUT2D eigenvalue weighted by molar-refractivity contribution is 0.0229. The van der Waals surface area contributed by atoms with Crippen molar-refractivity contribution in [3.05, 3.63) is 108 Å². The summed E-state index contributed by atoms with van der Waals surface area (Å²) in [5.41, 5.74) is 9.88. The molecule has 8 nitrogen and oxygen atoms in total. The zero-order valence-corrected chi connectivity index (χ0v) is 20.3. The fourth-order valence-electron chi connectivity index (χ4n) is 4.82. The number of aromatic amines is 1. The molecule has 0 spiro atoms. The third-order valence-electron chi connectivity index (χ3n) is 6.54. The van der Waals surface area contributed by atoms with E-state index in [0.717, 1.165) is 16.7 Å². The van der Waals surface area contributed by atoms with Gasteiger partial charge in [0.1, 0.15) is 6.61 Å². The number of carbonyl (C=O) groups is 1. The number of carbonyl (C=O) groups excluding carboxylic acids is 1. The SMILES string of the molecule is C#Cc1cccc(C(c2ccccc2)N2CCN(C(=O)c3cncc(N)c3)CC2COc2ccn[nH]2)c1. The van der Waals surface area contributed by atoms with Crippen LogP contribution in [0.4, 0.5) is 5.69 Å². The van der Waals surface area contributed by atoms with Gasteiger partial charge in [0.25, 0.3) is 5.91 Å². The summed E-state index contributed by atoms with van der Waals surface area (Å²) in [7, 11) is 0. The van der Waals surface area contributed by atoms with Crippen LogP contribution >= 0.6 is 0 Å². The number of ether oxygens (including phenoxy) is 1. The number of piperazine rings is 1. The molecule has 1 aliphatic rings. The Hall–Kier alpha value is -4.61. The molecule has 1 saturated heterocycles. The number of rotatable bonds is 7. The number of hydrogen-bond acceptors (Lipinski definition) is 6. The van der Waals surface area contributed by atoms with E-state index >= 15 is 0 Å². The van der Waals surface area contributed by atoms with Crippen LogP contribution in [0.5, 0.6) is 5.88 Å². The van der Waals surface area contributed by atoms with Gasteiger partial charge in [-0.15, -0.1) is 6.42 Å². The molecule has 0 radical (unpaired) electrons. The summed E-state index contributed by atoms with van der Waals surface area (Å²) < 4.78 is 6.07. The summed E-state index contributed by atoms with van der Waals surface area (Å²) >= 11 is 0. The Morgan fingerprint density at radius 3 is 2.70 bits per heavy atom. The van der Waals surface area contributed by atoms with Crippen molar-refractivity contribution in [2.45, 2.75) is 12.1 Å². The van der Waals surface area contributed by atoms with E-state index in [1.807, 2.05) is 35.2 Å². The first kappa shape index (κ1) is 24.1. The van der Waals surface area contributed by atoms with Crippen molar-refractivity contribution in [1.29, 1.82) is 0 Å². The van der Waals surface area contributed by atoms with Crippen molar-refractivity contribution in [2.75, 3.05) is 32.0 Å². The molecule has 8 heteroatoms. The topological polar surface area (TPSA) is 100 Å².